The van der Waals surface area contributed by atoms with Crippen LogP contribution in [0.1, 0.15) is 36.8 Å². The summed E-state index contributed by atoms with van der Waals surface area (Å²) in [7, 11) is 1.81. The zero-order valence-electron chi connectivity index (χ0n) is 23.7. The van der Waals surface area contributed by atoms with Crippen molar-refractivity contribution >= 4 is 17.8 Å². The molecule has 210 valence electrons. The van der Waals surface area contributed by atoms with Crippen LogP contribution >= 0.6 is 11.9 Å². The van der Waals surface area contributed by atoms with Gasteiger partial charge in [-0.2, -0.15) is 0 Å². The molecule has 9 nitrogen and oxygen atoms in total. The molecule has 0 amide bonds. The van der Waals surface area contributed by atoms with E-state index in [0.29, 0.717) is 23.5 Å². The largest absolute Gasteiger partial charge is 0.491 e. The normalized spacial score (nSPS) is 17.8. The summed E-state index contributed by atoms with van der Waals surface area (Å²) in [6.07, 6.45) is 1.76. The Morgan fingerprint density at radius 3 is 2.62 bits per heavy atom. The smallest absolute Gasteiger partial charge is 0.162 e. The minimum Gasteiger partial charge on any atom is -0.491 e. The van der Waals surface area contributed by atoms with E-state index in [1.54, 1.807) is 7.05 Å². The van der Waals surface area contributed by atoms with Crippen LogP contribution in [0.15, 0.2) is 28.8 Å². The van der Waals surface area contributed by atoms with E-state index in [0.717, 1.165) is 58.5 Å². The number of benzene rings is 1. The highest BCUT2D eigenvalue weighted by Crippen LogP contribution is 2.45. The van der Waals surface area contributed by atoms with E-state index < -0.39 is 6.10 Å². The third kappa shape index (κ3) is 5.94. The minimum absolute atomic E-state index is 0.207. The summed E-state index contributed by atoms with van der Waals surface area (Å²) in [5.41, 5.74) is 4.96. The van der Waals surface area contributed by atoms with Crippen molar-refractivity contribution < 1.29 is 14.4 Å². The number of aliphatic hydroxyl groups excluding tert-OH is 1. The van der Waals surface area contributed by atoms with E-state index in [2.05, 4.69) is 33.5 Å². The third-order valence-electron chi connectivity index (χ3n) is 7.82. The van der Waals surface area contributed by atoms with Gasteiger partial charge in [-0.3, -0.25) is 0 Å². The second kappa shape index (κ2) is 11.8. The lowest BCUT2D eigenvalue weighted by Gasteiger charge is -2.53. The highest BCUT2D eigenvalue weighted by atomic mass is 32.2. The van der Waals surface area contributed by atoms with Gasteiger partial charge in [0.15, 0.2) is 5.82 Å². The fourth-order valence-corrected chi connectivity index (χ4v) is 6.80. The molecule has 2 aliphatic heterocycles. The first kappa shape index (κ1) is 27.9. The molecule has 0 bridgehead atoms. The number of rotatable bonds is 10. The lowest BCUT2D eigenvalue weighted by atomic mass is 9.73. The Bertz CT molecular complexity index is 1260. The molecule has 39 heavy (non-hydrogen) atoms. The second-order valence-electron chi connectivity index (χ2n) is 10.8. The molecule has 2 fully saturated rings. The lowest BCUT2D eigenvalue weighted by Crippen LogP contribution is -2.58. The maximum absolute atomic E-state index is 10.1. The van der Waals surface area contributed by atoms with Crippen LogP contribution in [-0.2, 0) is 0 Å². The Morgan fingerprint density at radius 1 is 1.18 bits per heavy atom. The number of hydrogen-bond donors (Lipinski definition) is 2. The molecule has 1 spiro atoms. The van der Waals surface area contributed by atoms with Crippen LogP contribution < -0.4 is 15.0 Å². The monoisotopic (exact) mass is 552 g/mol. The van der Waals surface area contributed by atoms with E-state index >= 15 is 0 Å². The van der Waals surface area contributed by atoms with Crippen LogP contribution in [0.5, 0.6) is 5.75 Å². The summed E-state index contributed by atoms with van der Waals surface area (Å²) >= 11 is 1.95. The Labute approximate surface area is 235 Å². The van der Waals surface area contributed by atoms with Gasteiger partial charge in [-0.05, 0) is 52.8 Å². The fourth-order valence-electron chi connectivity index (χ4n) is 5.70. The van der Waals surface area contributed by atoms with Gasteiger partial charge in [0.25, 0.3) is 0 Å². The molecular formula is C29H40N6O3S. The Kier molecular flexibility index (Phi) is 8.46. The second-order valence-corrected chi connectivity index (χ2v) is 12.1. The summed E-state index contributed by atoms with van der Waals surface area (Å²) in [6, 6.07) is 7.77. The van der Waals surface area contributed by atoms with Gasteiger partial charge in [0.1, 0.15) is 30.0 Å². The number of anilines is 1. The van der Waals surface area contributed by atoms with Crippen molar-refractivity contribution in [1.82, 2.24) is 24.7 Å². The lowest BCUT2D eigenvalue weighted by molar-refractivity contribution is 0.0519. The van der Waals surface area contributed by atoms with Crippen LogP contribution in [0.25, 0.3) is 22.6 Å². The summed E-state index contributed by atoms with van der Waals surface area (Å²) in [5, 5.41) is 17.2. The van der Waals surface area contributed by atoms with Crippen molar-refractivity contribution in [2.45, 2.75) is 46.6 Å². The Morgan fingerprint density at radius 2 is 1.95 bits per heavy atom. The van der Waals surface area contributed by atoms with Crippen LogP contribution in [0.3, 0.4) is 0 Å². The summed E-state index contributed by atoms with van der Waals surface area (Å²) in [4.78, 5) is 12.6. The van der Waals surface area contributed by atoms with Crippen molar-refractivity contribution in [1.29, 1.82) is 0 Å². The van der Waals surface area contributed by atoms with Gasteiger partial charge in [0.05, 0.1) is 17.0 Å². The van der Waals surface area contributed by atoms with E-state index in [9.17, 15) is 5.11 Å². The number of piperidine rings is 1. The number of nitrogens with one attached hydrogen (secondary N) is 1. The number of likely N-dealkylation sites (N-methyl/N-ethyl adjacent to an activating group) is 1. The molecule has 2 N–H and O–H groups in total. The molecule has 10 heteroatoms. The average molecular weight is 553 g/mol. The summed E-state index contributed by atoms with van der Waals surface area (Å²) in [5.74, 6) is 4.17. The number of ether oxygens (including phenoxy) is 1. The van der Waals surface area contributed by atoms with Gasteiger partial charge in [0, 0.05) is 55.0 Å². The van der Waals surface area contributed by atoms with E-state index in [1.807, 2.05) is 50.1 Å². The van der Waals surface area contributed by atoms with Gasteiger partial charge in [0.2, 0.25) is 0 Å². The zero-order chi connectivity index (χ0) is 27.6. The van der Waals surface area contributed by atoms with Crippen molar-refractivity contribution in [3.8, 4) is 28.4 Å². The number of aryl methyl sites for hydroxylation is 2. The molecular weight excluding hydrogens is 512 g/mol. The Hall–Kier alpha value is -2.66. The van der Waals surface area contributed by atoms with Crippen LogP contribution in [-0.4, -0.2) is 82.8 Å². The first-order chi connectivity index (χ1) is 18.8. The summed E-state index contributed by atoms with van der Waals surface area (Å²) < 4.78 is 13.9. The molecule has 0 saturated carbocycles. The molecule has 1 atom stereocenters. The maximum atomic E-state index is 10.1. The van der Waals surface area contributed by atoms with E-state index in [1.165, 1.54) is 25.9 Å². The van der Waals surface area contributed by atoms with Gasteiger partial charge in [-0.25, -0.2) is 14.3 Å². The standard InChI is InChI=1S/C29H40N6O3S/c1-6-39-35-17-29(18-35)10-12-34(13-11-29)28-19(2)26(25-20(3)33-38-21(25)4)31-27(32-28)22-8-7-9-24(14-22)37-16-23(36)15-30-5/h7-9,14,23,30,36H,6,10-13,15-18H2,1-5H3. The molecule has 2 saturated heterocycles. The van der Waals surface area contributed by atoms with Crippen LogP contribution in [0.2, 0.25) is 0 Å². The predicted octanol–water partition coefficient (Wildman–Crippen LogP) is 4.25. The Balaban J connectivity index is 1.45. The van der Waals surface area contributed by atoms with Crippen LogP contribution in [0, 0.1) is 26.2 Å². The van der Waals surface area contributed by atoms with Gasteiger partial charge in [-0.15, -0.1) is 0 Å². The molecule has 5 rings (SSSR count). The summed E-state index contributed by atoms with van der Waals surface area (Å²) in [6.45, 7) is 13.2. The maximum Gasteiger partial charge on any atom is 0.162 e. The number of nitrogens with zero attached hydrogens (tertiary/aromatic N) is 5. The van der Waals surface area contributed by atoms with Crippen molar-refractivity contribution in [2.75, 3.05) is 57.0 Å². The van der Waals surface area contributed by atoms with Crippen molar-refractivity contribution in [3.63, 3.8) is 0 Å². The quantitative estimate of drug-likeness (QED) is 0.355. The number of aliphatic hydroxyl groups is 1. The van der Waals surface area contributed by atoms with E-state index in [4.69, 9.17) is 19.2 Å². The SMILES string of the molecule is CCSN1CC2(CCN(c3nc(-c4cccc(OCC(O)CNC)c4)nc(-c4c(C)noc4C)c3C)CC2)C1. The molecule has 1 aromatic carbocycles. The number of aromatic nitrogens is 3. The molecule has 2 aliphatic rings. The van der Waals surface area contributed by atoms with Crippen molar-refractivity contribution in [2.24, 2.45) is 5.41 Å². The molecule has 2 aromatic heterocycles. The molecule has 0 radical (unpaired) electrons. The molecule has 0 aliphatic carbocycles. The minimum atomic E-state index is -0.585. The topological polar surface area (TPSA) is 99.8 Å². The van der Waals surface area contributed by atoms with Crippen LogP contribution in [0.4, 0.5) is 5.82 Å². The number of hydrogen-bond acceptors (Lipinski definition) is 10. The molecule has 4 heterocycles. The van der Waals surface area contributed by atoms with Gasteiger partial charge >= 0.3 is 0 Å². The van der Waals surface area contributed by atoms with Crippen molar-refractivity contribution in [3.05, 3.63) is 41.3 Å². The van der Waals surface area contributed by atoms with Gasteiger partial charge < -0.3 is 24.6 Å². The highest BCUT2D eigenvalue weighted by Gasteiger charge is 2.45. The van der Waals surface area contributed by atoms with Gasteiger partial charge in [-0.1, -0.05) is 36.2 Å². The predicted molar refractivity (Wildman–Crippen MR) is 156 cm³/mol. The molecule has 1 unspecified atom stereocenters. The zero-order valence-corrected chi connectivity index (χ0v) is 24.5. The fraction of sp³-hybridized carbons (Fsp3) is 0.552. The average Bonchev–Trinajstić information content (AvgIpc) is 3.25. The third-order valence-corrected chi connectivity index (χ3v) is 8.71. The molecule has 3 aromatic rings. The van der Waals surface area contributed by atoms with E-state index in [-0.39, 0.29) is 6.61 Å². The first-order valence-electron chi connectivity index (χ1n) is 13.8. The first-order valence-corrected chi connectivity index (χ1v) is 14.8. The highest BCUT2D eigenvalue weighted by molar-refractivity contribution is 7.97.